The van der Waals surface area contributed by atoms with Crippen molar-refractivity contribution < 1.29 is 0 Å². The highest BCUT2D eigenvalue weighted by Crippen LogP contribution is 2.25. The lowest BCUT2D eigenvalue weighted by Crippen LogP contribution is -1.90. The first-order valence-corrected chi connectivity index (χ1v) is 7.05. The lowest BCUT2D eigenvalue weighted by Gasteiger charge is -2.09. The first kappa shape index (κ1) is 14.0. The van der Waals surface area contributed by atoms with Crippen LogP contribution in [0.4, 0.5) is 0 Å². The Labute approximate surface area is 130 Å². The highest BCUT2D eigenvalue weighted by Gasteiger charge is 2.05. The monoisotopic (exact) mass is 284 g/mol. The minimum absolute atomic E-state index is 0.989. The number of pyridine rings is 2. The van der Waals surface area contributed by atoms with E-state index < -0.39 is 0 Å². The van der Waals surface area contributed by atoms with Crippen LogP contribution in [-0.2, 0) is 0 Å². The largest absolute Gasteiger partial charge is 0.265 e. The molecular formula is C20H16N2. The highest BCUT2D eigenvalue weighted by atomic mass is 14.6. The van der Waals surface area contributed by atoms with Crippen LogP contribution in [0.15, 0.2) is 86.5 Å². The molecule has 2 heterocycles. The Balaban J connectivity index is 1.84. The molecule has 106 valence electrons. The van der Waals surface area contributed by atoms with E-state index in [0.717, 1.165) is 33.4 Å². The van der Waals surface area contributed by atoms with Crippen LogP contribution < -0.4 is 0 Å². The maximum absolute atomic E-state index is 4.17. The molecule has 0 saturated carbocycles. The Morgan fingerprint density at radius 3 is 1.09 bits per heavy atom. The Kier molecular flexibility index (Phi) is 3.92. The Morgan fingerprint density at radius 2 is 0.773 bits per heavy atom. The molecule has 1 aromatic carbocycles. The van der Waals surface area contributed by atoms with Crippen molar-refractivity contribution in [2.45, 2.75) is 0 Å². The predicted molar refractivity (Wildman–Crippen MR) is 91.2 cm³/mol. The summed E-state index contributed by atoms with van der Waals surface area (Å²) in [7, 11) is 0. The minimum atomic E-state index is 0.989. The van der Waals surface area contributed by atoms with Gasteiger partial charge in [0.05, 0.1) is 0 Å². The fourth-order valence-electron chi connectivity index (χ4n) is 2.31. The van der Waals surface area contributed by atoms with E-state index in [1.54, 1.807) is 24.8 Å². The SMILES string of the molecule is C=C(c1ccncc1)c1ccc(C(=C)c2ccncc2)cc1. The number of aromatic nitrogens is 2. The van der Waals surface area contributed by atoms with Crippen molar-refractivity contribution in [1.29, 1.82) is 0 Å². The Morgan fingerprint density at radius 1 is 0.500 bits per heavy atom. The zero-order valence-corrected chi connectivity index (χ0v) is 12.2. The minimum Gasteiger partial charge on any atom is -0.265 e. The van der Waals surface area contributed by atoms with Gasteiger partial charge in [-0.2, -0.15) is 0 Å². The molecule has 22 heavy (non-hydrogen) atoms. The second kappa shape index (κ2) is 6.19. The second-order valence-electron chi connectivity index (χ2n) is 5.01. The molecule has 0 saturated heterocycles. The summed E-state index contributed by atoms with van der Waals surface area (Å²) in [5.74, 6) is 0. The molecule has 0 unspecified atom stereocenters. The molecule has 3 rings (SSSR count). The van der Waals surface area contributed by atoms with Gasteiger partial charge >= 0.3 is 0 Å². The molecule has 0 aliphatic carbocycles. The fourth-order valence-corrected chi connectivity index (χ4v) is 2.31. The van der Waals surface area contributed by atoms with E-state index in [1.165, 1.54) is 0 Å². The molecule has 3 aromatic rings. The van der Waals surface area contributed by atoms with E-state index in [4.69, 9.17) is 0 Å². The summed E-state index contributed by atoms with van der Waals surface area (Å²) in [5, 5.41) is 0. The van der Waals surface area contributed by atoms with Crippen molar-refractivity contribution in [3.05, 3.63) is 109 Å². The van der Waals surface area contributed by atoms with E-state index in [9.17, 15) is 0 Å². The van der Waals surface area contributed by atoms with Gasteiger partial charge in [-0.05, 0) is 57.7 Å². The Hall–Kier alpha value is -3.00. The zero-order valence-electron chi connectivity index (χ0n) is 12.2. The smallest absolute Gasteiger partial charge is 0.0273 e. The van der Waals surface area contributed by atoms with Crippen molar-refractivity contribution in [3.63, 3.8) is 0 Å². The van der Waals surface area contributed by atoms with Gasteiger partial charge in [0.25, 0.3) is 0 Å². The normalized spacial score (nSPS) is 10.2. The molecular weight excluding hydrogens is 268 g/mol. The average Bonchev–Trinajstić information content (AvgIpc) is 2.62. The molecule has 0 radical (unpaired) electrons. The summed E-state index contributed by atoms with van der Waals surface area (Å²) in [6.07, 6.45) is 7.11. The van der Waals surface area contributed by atoms with Crippen LogP contribution in [0.5, 0.6) is 0 Å². The second-order valence-corrected chi connectivity index (χ2v) is 5.01. The van der Waals surface area contributed by atoms with Gasteiger partial charge in [0.15, 0.2) is 0 Å². The van der Waals surface area contributed by atoms with Gasteiger partial charge in [0.2, 0.25) is 0 Å². The van der Waals surface area contributed by atoms with Crippen LogP contribution >= 0.6 is 0 Å². The third-order valence-corrected chi connectivity index (χ3v) is 3.64. The van der Waals surface area contributed by atoms with Gasteiger partial charge in [0.1, 0.15) is 0 Å². The maximum atomic E-state index is 4.17. The third-order valence-electron chi connectivity index (χ3n) is 3.64. The van der Waals surface area contributed by atoms with E-state index in [2.05, 4.69) is 47.4 Å². The van der Waals surface area contributed by atoms with Crippen LogP contribution in [0, 0.1) is 0 Å². The van der Waals surface area contributed by atoms with Crippen molar-refractivity contribution >= 4 is 11.1 Å². The van der Waals surface area contributed by atoms with Crippen molar-refractivity contribution in [3.8, 4) is 0 Å². The molecule has 2 nitrogen and oxygen atoms in total. The fraction of sp³-hybridized carbons (Fsp3) is 0. The van der Waals surface area contributed by atoms with Gasteiger partial charge in [-0.15, -0.1) is 0 Å². The van der Waals surface area contributed by atoms with Crippen molar-refractivity contribution in [2.24, 2.45) is 0 Å². The topological polar surface area (TPSA) is 25.8 Å². The molecule has 2 aromatic heterocycles. The number of hydrogen-bond acceptors (Lipinski definition) is 2. The van der Waals surface area contributed by atoms with Crippen LogP contribution in [0.3, 0.4) is 0 Å². The predicted octanol–water partition coefficient (Wildman–Crippen LogP) is 4.60. The molecule has 0 fully saturated rings. The number of hydrogen-bond donors (Lipinski definition) is 0. The summed E-state index contributed by atoms with van der Waals surface area (Å²) >= 11 is 0. The first-order chi connectivity index (χ1) is 10.8. The lowest BCUT2D eigenvalue weighted by atomic mass is 9.96. The van der Waals surface area contributed by atoms with Crippen LogP contribution in [0.2, 0.25) is 0 Å². The van der Waals surface area contributed by atoms with Crippen LogP contribution in [0.25, 0.3) is 11.1 Å². The van der Waals surface area contributed by atoms with Crippen molar-refractivity contribution in [1.82, 2.24) is 9.97 Å². The van der Waals surface area contributed by atoms with E-state index in [1.807, 2.05) is 24.3 Å². The first-order valence-electron chi connectivity index (χ1n) is 7.05. The van der Waals surface area contributed by atoms with Gasteiger partial charge in [-0.3, -0.25) is 9.97 Å². The van der Waals surface area contributed by atoms with Crippen LogP contribution in [0.1, 0.15) is 22.3 Å². The summed E-state index contributed by atoms with van der Waals surface area (Å²) < 4.78 is 0. The average molecular weight is 284 g/mol. The van der Waals surface area contributed by atoms with Gasteiger partial charge in [0, 0.05) is 24.8 Å². The van der Waals surface area contributed by atoms with E-state index in [0.29, 0.717) is 0 Å². The number of rotatable bonds is 4. The molecule has 0 aliphatic heterocycles. The molecule has 0 aliphatic rings. The molecule has 0 atom stereocenters. The molecule has 2 heteroatoms. The molecule has 0 N–H and O–H groups in total. The standard InChI is InChI=1S/C20H16N2/c1-15(19-7-11-21-12-8-19)17-3-5-18(6-4-17)16(2)20-9-13-22-14-10-20/h3-14H,1-2H2. The quantitative estimate of drug-likeness (QED) is 0.699. The van der Waals surface area contributed by atoms with Crippen molar-refractivity contribution in [2.75, 3.05) is 0 Å². The molecule has 0 amide bonds. The van der Waals surface area contributed by atoms with Crippen LogP contribution in [-0.4, -0.2) is 9.97 Å². The van der Waals surface area contributed by atoms with Gasteiger partial charge in [-0.25, -0.2) is 0 Å². The molecule has 0 spiro atoms. The summed E-state index contributed by atoms with van der Waals surface area (Å²) in [6, 6.07) is 16.2. The van der Waals surface area contributed by atoms with E-state index >= 15 is 0 Å². The summed E-state index contributed by atoms with van der Waals surface area (Å²) in [4.78, 5) is 8.07. The number of benzene rings is 1. The number of nitrogens with zero attached hydrogens (tertiary/aromatic N) is 2. The molecule has 0 bridgehead atoms. The third kappa shape index (κ3) is 2.86. The van der Waals surface area contributed by atoms with Gasteiger partial charge in [-0.1, -0.05) is 37.4 Å². The summed E-state index contributed by atoms with van der Waals surface area (Å²) in [6.45, 7) is 8.34. The van der Waals surface area contributed by atoms with E-state index in [-0.39, 0.29) is 0 Å². The zero-order chi connectivity index (χ0) is 15.4. The maximum Gasteiger partial charge on any atom is 0.0273 e. The lowest BCUT2D eigenvalue weighted by molar-refractivity contribution is 1.31. The highest BCUT2D eigenvalue weighted by molar-refractivity contribution is 5.81. The summed E-state index contributed by atoms with van der Waals surface area (Å²) in [5.41, 5.74) is 6.33. The Bertz CT molecular complexity index is 718. The van der Waals surface area contributed by atoms with Gasteiger partial charge < -0.3 is 0 Å².